The van der Waals surface area contributed by atoms with E-state index >= 15 is 0 Å². The monoisotopic (exact) mass is 438 g/mol. The molecule has 2 aromatic heterocycles. The van der Waals surface area contributed by atoms with Crippen LogP contribution in [0.15, 0.2) is 109 Å². The van der Waals surface area contributed by atoms with Crippen LogP contribution >= 0.6 is 11.6 Å². The maximum Gasteiger partial charge on any atom is 0.337 e. The summed E-state index contributed by atoms with van der Waals surface area (Å²) in [7, 11) is 0. The van der Waals surface area contributed by atoms with Crippen molar-refractivity contribution in [3.63, 3.8) is 0 Å². The number of carboxylic acid groups (broad SMARTS) is 1. The molecule has 0 aliphatic heterocycles. The fraction of sp³-hybridized carbons (Fsp3) is 0.0370. The Labute approximate surface area is 190 Å². The van der Waals surface area contributed by atoms with E-state index in [0.717, 1.165) is 16.7 Å². The van der Waals surface area contributed by atoms with E-state index in [1.54, 1.807) is 18.5 Å². The number of pyridine rings is 1. The first-order valence-corrected chi connectivity index (χ1v) is 10.6. The number of aromatic nitrogens is 2. The first-order chi connectivity index (χ1) is 15.6. The minimum absolute atomic E-state index is 0.116. The van der Waals surface area contributed by atoms with Gasteiger partial charge >= 0.3 is 5.97 Å². The van der Waals surface area contributed by atoms with Gasteiger partial charge in [-0.05, 0) is 22.8 Å². The molecule has 0 spiro atoms. The molecule has 4 nitrogen and oxygen atoms in total. The Bertz CT molecular complexity index is 1300. The molecule has 5 aromatic rings. The number of carbonyl (C=O) groups is 1. The summed E-state index contributed by atoms with van der Waals surface area (Å²) < 4.78 is 1.94. The third-order valence-corrected chi connectivity index (χ3v) is 6.12. The molecular formula is C27H19ClN2O2. The van der Waals surface area contributed by atoms with Crippen LogP contribution in [0.4, 0.5) is 0 Å². The molecular weight excluding hydrogens is 420 g/mol. The molecule has 0 aliphatic rings. The second kappa shape index (κ2) is 7.98. The molecule has 1 N–H and O–H groups in total. The lowest BCUT2D eigenvalue weighted by Gasteiger charge is -2.38. The number of carboxylic acids is 1. The van der Waals surface area contributed by atoms with Crippen molar-refractivity contribution in [1.82, 2.24) is 9.55 Å². The summed E-state index contributed by atoms with van der Waals surface area (Å²) in [6, 6.07) is 31.8. The zero-order chi connectivity index (χ0) is 22.1. The molecule has 0 amide bonds. The van der Waals surface area contributed by atoms with Crippen molar-refractivity contribution >= 4 is 28.6 Å². The first-order valence-electron chi connectivity index (χ1n) is 10.2. The number of nitrogens with zero attached hydrogens (tertiary/aromatic N) is 2. The van der Waals surface area contributed by atoms with Gasteiger partial charge in [-0.15, -0.1) is 0 Å². The topological polar surface area (TPSA) is 55.1 Å². The largest absolute Gasteiger partial charge is 0.478 e. The van der Waals surface area contributed by atoms with Crippen LogP contribution in [0.1, 0.15) is 27.0 Å². The minimum Gasteiger partial charge on any atom is -0.478 e. The Hall–Kier alpha value is -3.89. The summed E-state index contributed by atoms with van der Waals surface area (Å²) in [5, 5.41) is 10.8. The summed E-state index contributed by atoms with van der Waals surface area (Å²) in [6.45, 7) is 0. The van der Waals surface area contributed by atoms with E-state index < -0.39 is 11.5 Å². The van der Waals surface area contributed by atoms with Gasteiger partial charge in [0.05, 0.1) is 16.0 Å². The zero-order valence-electron chi connectivity index (χ0n) is 17.0. The smallest absolute Gasteiger partial charge is 0.337 e. The van der Waals surface area contributed by atoms with Gasteiger partial charge in [-0.3, -0.25) is 0 Å². The lowest BCUT2D eigenvalue weighted by molar-refractivity contribution is 0.0698. The molecule has 0 unspecified atom stereocenters. The van der Waals surface area contributed by atoms with E-state index in [9.17, 15) is 9.90 Å². The Kier molecular flexibility index (Phi) is 5.00. The molecule has 156 valence electrons. The van der Waals surface area contributed by atoms with Crippen LogP contribution in [0.3, 0.4) is 0 Å². The SMILES string of the molecule is O=C(O)c1cn(C(c2ccccc2)(c2ccccc2)c2ccccc2)c2nccc(Cl)c12. The Balaban J connectivity index is 2.02. The normalized spacial score (nSPS) is 11.5. The fourth-order valence-electron chi connectivity index (χ4n) is 4.49. The summed E-state index contributed by atoms with van der Waals surface area (Å²) in [4.78, 5) is 16.8. The van der Waals surface area contributed by atoms with Crippen LogP contribution in [-0.2, 0) is 5.54 Å². The number of hydrogen-bond acceptors (Lipinski definition) is 2. The Morgan fingerprint density at radius 2 is 1.25 bits per heavy atom. The maximum atomic E-state index is 12.2. The van der Waals surface area contributed by atoms with Gasteiger partial charge in [-0.1, -0.05) is 103 Å². The number of halogens is 1. The third-order valence-electron chi connectivity index (χ3n) is 5.80. The van der Waals surface area contributed by atoms with Crippen molar-refractivity contribution in [2.24, 2.45) is 0 Å². The van der Waals surface area contributed by atoms with Gasteiger partial charge in [0, 0.05) is 12.4 Å². The molecule has 0 atom stereocenters. The molecule has 0 aliphatic carbocycles. The number of hydrogen-bond donors (Lipinski definition) is 1. The van der Waals surface area contributed by atoms with E-state index in [1.807, 2.05) is 59.2 Å². The van der Waals surface area contributed by atoms with Crippen LogP contribution in [0, 0.1) is 0 Å². The van der Waals surface area contributed by atoms with Crippen molar-refractivity contribution in [2.45, 2.75) is 5.54 Å². The molecule has 2 heterocycles. The molecule has 0 saturated heterocycles. The van der Waals surface area contributed by atoms with Gasteiger partial charge in [0.15, 0.2) is 0 Å². The van der Waals surface area contributed by atoms with E-state index in [4.69, 9.17) is 11.6 Å². The van der Waals surface area contributed by atoms with Crippen LogP contribution in [0.2, 0.25) is 5.02 Å². The van der Waals surface area contributed by atoms with Gasteiger partial charge in [-0.25, -0.2) is 9.78 Å². The third kappa shape index (κ3) is 3.00. The van der Waals surface area contributed by atoms with Crippen molar-refractivity contribution in [2.75, 3.05) is 0 Å². The quantitative estimate of drug-likeness (QED) is 0.331. The average Bonchev–Trinajstić information content (AvgIpc) is 3.24. The van der Waals surface area contributed by atoms with E-state index in [-0.39, 0.29) is 5.56 Å². The number of fused-ring (bicyclic) bond motifs is 1. The van der Waals surface area contributed by atoms with Gasteiger partial charge in [0.2, 0.25) is 0 Å². The van der Waals surface area contributed by atoms with Gasteiger partial charge in [-0.2, -0.15) is 0 Å². The molecule has 0 radical (unpaired) electrons. The highest BCUT2D eigenvalue weighted by atomic mass is 35.5. The second-order valence-electron chi connectivity index (χ2n) is 7.52. The molecule has 0 saturated carbocycles. The van der Waals surface area contributed by atoms with Crippen molar-refractivity contribution in [3.8, 4) is 0 Å². The van der Waals surface area contributed by atoms with Crippen molar-refractivity contribution in [1.29, 1.82) is 0 Å². The summed E-state index contributed by atoms with van der Waals surface area (Å²) >= 11 is 6.49. The zero-order valence-corrected chi connectivity index (χ0v) is 17.8. The van der Waals surface area contributed by atoms with Crippen molar-refractivity contribution < 1.29 is 9.90 Å². The van der Waals surface area contributed by atoms with E-state index in [0.29, 0.717) is 16.1 Å². The lowest BCUT2D eigenvalue weighted by atomic mass is 9.76. The molecule has 0 bridgehead atoms. The van der Waals surface area contributed by atoms with Crippen molar-refractivity contribution in [3.05, 3.63) is 137 Å². The predicted octanol–water partition coefficient (Wildman–Crippen LogP) is 6.23. The Morgan fingerprint density at radius 3 is 1.69 bits per heavy atom. The molecule has 32 heavy (non-hydrogen) atoms. The molecule has 3 aromatic carbocycles. The highest BCUT2D eigenvalue weighted by Gasteiger charge is 2.40. The highest BCUT2D eigenvalue weighted by molar-refractivity contribution is 6.36. The number of rotatable bonds is 5. The van der Waals surface area contributed by atoms with Gasteiger partial charge < -0.3 is 9.67 Å². The lowest BCUT2D eigenvalue weighted by Crippen LogP contribution is -2.37. The summed E-state index contributed by atoms with van der Waals surface area (Å²) in [5.41, 5.74) is 2.69. The second-order valence-corrected chi connectivity index (χ2v) is 7.92. The number of aromatic carboxylic acids is 1. The standard InChI is InChI=1S/C27H19ClN2O2/c28-23-16-17-29-25-24(23)22(26(31)32)18-30(25)27(19-10-4-1-5-11-19,20-12-6-2-7-13-20)21-14-8-3-9-15-21/h1-18H,(H,31,32). The minimum atomic E-state index is -1.05. The van der Waals surface area contributed by atoms with E-state index in [2.05, 4.69) is 41.4 Å². The fourth-order valence-corrected chi connectivity index (χ4v) is 4.73. The first kappa shape index (κ1) is 20.0. The Morgan fingerprint density at radius 1 is 0.781 bits per heavy atom. The average molecular weight is 439 g/mol. The van der Waals surface area contributed by atoms with Crippen LogP contribution in [0.25, 0.3) is 11.0 Å². The maximum absolute atomic E-state index is 12.2. The number of benzene rings is 3. The molecule has 5 rings (SSSR count). The van der Waals surface area contributed by atoms with Crippen LogP contribution < -0.4 is 0 Å². The van der Waals surface area contributed by atoms with Gasteiger partial charge in [0.25, 0.3) is 0 Å². The van der Waals surface area contributed by atoms with Crippen LogP contribution in [0.5, 0.6) is 0 Å². The van der Waals surface area contributed by atoms with E-state index in [1.165, 1.54) is 0 Å². The van der Waals surface area contributed by atoms with Gasteiger partial charge in [0.1, 0.15) is 11.2 Å². The summed E-state index contributed by atoms with van der Waals surface area (Å²) in [6.07, 6.45) is 3.26. The highest BCUT2D eigenvalue weighted by Crippen LogP contribution is 2.44. The van der Waals surface area contributed by atoms with Crippen LogP contribution in [-0.4, -0.2) is 20.6 Å². The molecule has 0 fully saturated rings. The summed E-state index contributed by atoms with van der Waals surface area (Å²) in [5.74, 6) is -1.05. The predicted molar refractivity (Wildman–Crippen MR) is 126 cm³/mol. The molecule has 5 heteroatoms.